The first-order valence-corrected chi connectivity index (χ1v) is 8.92. The fourth-order valence-electron chi connectivity index (χ4n) is 3.19. The number of hydrogen-bond acceptors (Lipinski definition) is 4. The van der Waals surface area contributed by atoms with E-state index in [4.69, 9.17) is 4.42 Å². The van der Waals surface area contributed by atoms with Gasteiger partial charge >= 0.3 is 0 Å². The quantitative estimate of drug-likeness (QED) is 0.591. The van der Waals surface area contributed by atoms with Crippen molar-refractivity contribution in [2.24, 2.45) is 0 Å². The number of amides is 1. The Labute approximate surface area is 161 Å². The van der Waals surface area contributed by atoms with E-state index < -0.39 is 0 Å². The Morgan fingerprint density at radius 1 is 1.11 bits per heavy atom. The van der Waals surface area contributed by atoms with Crippen LogP contribution in [0.2, 0.25) is 0 Å². The van der Waals surface area contributed by atoms with Gasteiger partial charge in [-0.2, -0.15) is 0 Å². The van der Waals surface area contributed by atoms with Gasteiger partial charge < -0.3 is 14.3 Å². The number of hydrogen-bond donors (Lipinski definition) is 1. The van der Waals surface area contributed by atoms with Gasteiger partial charge in [0.1, 0.15) is 17.3 Å². The Morgan fingerprint density at radius 3 is 2.61 bits per heavy atom. The smallest absolute Gasteiger partial charge is 0.258 e. The molecule has 28 heavy (non-hydrogen) atoms. The number of aryl methyl sites for hydroxylation is 1. The van der Waals surface area contributed by atoms with Crippen LogP contribution >= 0.6 is 0 Å². The van der Waals surface area contributed by atoms with Gasteiger partial charge in [-0.05, 0) is 25.1 Å². The Balaban J connectivity index is 1.64. The third kappa shape index (κ3) is 3.32. The van der Waals surface area contributed by atoms with Crippen molar-refractivity contribution in [1.82, 2.24) is 14.9 Å². The van der Waals surface area contributed by atoms with Gasteiger partial charge in [0.15, 0.2) is 0 Å². The number of benzene rings is 2. The lowest BCUT2D eigenvalue weighted by Crippen LogP contribution is -2.28. The average Bonchev–Trinajstić information content (AvgIpc) is 3.10. The fourth-order valence-corrected chi connectivity index (χ4v) is 3.19. The maximum Gasteiger partial charge on any atom is 0.258 e. The summed E-state index contributed by atoms with van der Waals surface area (Å²) in [5.41, 5.74) is 1.70. The first-order chi connectivity index (χ1) is 13.5. The van der Waals surface area contributed by atoms with E-state index in [1.54, 1.807) is 31.3 Å². The van der Waals surface area contributed by atoms with Gasteiger partial charge in [-0.1, -0.05) is 42.5 Å². The molecule has 0 aliphatic rings. The summed E-state index contributed by atoms with van der Waals surface area (Å²) < 4.78 is 5.78. The molecule has 6 nitrogen and oxygen atoms in total. The molecule has 4 rings (SSSR count). The number of nitrogens with one attached hydrogen (secondary N) is 1. The molecular weight excluding hydrogens is 354 g/mol. The molecule has 0 aliphatic heterocycles. The summed E-state index contributed by atoms with van der Waals surface area (Å²) in [5, 5.41) is 0.525. The Hall–Kier alpha value is -3.67. The minimum absolute atomic E-state index is 0.178. The zero-order valence-electron chi connectivity index (χ0n) is 15.6. The molecule has 0 fully saturated rings. The molecule has 0 radical (unpaired) electrons. The Kier molecular flexibility index (Phi) is 4.53. The fraction of sp³-hybridized carbons (Fsp3) is 0.136. The molecule has 0 spiro atoms. The normalized spacial score (nSPS) is 10.9. The van der Waals surface area contributed by atoms with E-state index in [-0.39, 0.29) is 18.0 Å². The highest BCUT2D eigenvalue weighted by molar-refractivity contribution is 5.99. The first kappa shape index (κ1) is 17.7. The maximum atomic E-state index is 13.1. The molecule has 140 valence electrons. The van der Waals surface area contributed by atoms with Gasteiger partial charge in [0.2, 0.25) is 0 Å². The molecule has 1 N–H and O–H groups in total. The SMILES string of the molecule is Cc1cc(C(=O)N(C)Cc2nc3ccccc3c(=O)[nH]2)c(-c2ccccc2)o1. The molecule has 6 heteroatoms. The molecule has 0 saturated carbocycles. The van der Waals surface area contributed by atoms with Crippen LogP contribution < -0.4 is 5.56 Å². The molecule has 4 aromatic rings. The minimum atomic E-state index is -0.217. The second-order valence-electron chi connectivity index (χ2n) is 6.66. The summed E-state index contributed by atoms with van der Waals surface area (Å²) in [5.74, 6) is 1.43. The number of carbonyl (C=O) groups excluding carboxylic acids is 1. The van der Waals surface area contributed by atoms with E-state index in [1.807, 2.05) is 43.3 Å². The lowest BCUT2D eigenvalue weighted by molar-refractivity contribution is 0.0782. The predicted molar refractivity (Wildman–Crippen MR) is 107 cm³/mol. The van der Waals surface area contributed by atoms with E-state index >= 15 is 0 Å². The van der Waals surface area contributed by atoms with Crippen molar-refractivity contribution in [3.8, 4) is 11.3 Å². The minimum Gasteiger partial charge on any atom is -0.461 e. The number of nitrogens with zero attached hydrogens (tertiary/aromatic N) is 2. The monoisotopic (exact) mass is 373 g/mol. The molecule has 1 amide bonds. The van der Waals surface area contributed by atoms with E-state index in [0.717, 1.165) is 5.56 Å². The molecule has 2 heterocycles. The average molecular weight is 373 g/mol. The number of furan rings is 1. The highest BCUT2D eigenvalue weighted by atomic mass is 16.3. The van der Waals surface area contributed by atoms with Crippen LogP contribution in [0.15, 0.2) is 69.9 Å². The summed E-state index contributed by atoms with van der Waals surface area (Å²) in [4.78, 5) is 34.0. The van der Waals surface area contributed by atoms with Crippen molar-refractivity contribution in [3.63, 3.8) is 0 Å². The third-order valence-corrected chi connectivity index (χ3v) is 4.52. The molecular formula is C22H19N3O3. The number of para-hydroxylation sites is 1. The van der Waals surface area contributed by atoms with Crippen molar-refractivity contribution in [1.29, 1.82) is 0 Å². The van der Waals surface area contributed by atoms with Crippen LogP contribution in [0.1, 0.15) is 21.9 Å². The summed E-state index contributed by atoms with van der Waals surface area (Å²) in [6.45, 7) is 1.99. The standard InChI is InChI=1S/C22H19N3O3/c1-14-12-17(20(28-14)15-8-4-3-5-9-15)22(27)25(2)13-19-23-18-11-7-6-10-16(18)21(26)24-19/h3-12H,13H2,1-2H3,(H,23,24,26). The van der Waals surface area contributed by atoms with Crippen LogP contribution in [0.4, 0.5) is 0 Å². The molecule has 0 saturated heterocycles. The van der Waals surface area contributed by atoms with Crippen molar-refractivity contribution >= 4 is 16.8 Å². The van der Waals surface area contributed by atoms with E-state index in [2.05, 4.69) is 9.97 Å². The maximum absolute atomic E-state index is 13.1. The Bertz CT molecular complexity index is 1210. The van der Waals surface area contributed by atoms with Gasteiger partial charge in [0, 0.05) is 12.6 Å². The molecule has 0 aliphatic carbocycles. The van der Waals surface area contributed by atoms with Crippen LogP contribution in [0, 0.1) is 6.92 Å². The molecule has 2 aromatic heterocycles. The van der Waals surface area contributed by atoms with Crippen LogP contribution in [0.3, 0.4) is 0 Å². The van der Waals surface area contributed by atoms with Gasteiger partial charge in [-0.15, -0.1) is 0 Å². The number of rotatable bonds is 4. The zero-order valence-corrected chi connectivity index (χ0v) is 15.6. The predicted octanol–water partition coefficient (Wildman–Crippen LogP) is 3.76. The largest absolute Gasteiger partial charge is 0.461 e. The van der Waals surface area contributed by atoms with Crippen LogP contribution in [0.25, 0.3) is 22.2 Å². The lowest BCUT2D eigenvalue weighted by atomic mass is 10.1. The number of carbonyl (C=O) groups is 1. The number of fused-ring (bicyclic) bond motifs is 1. The van der Waals surface area contributed by atoms with Gasteiger partial charge in [0.25, 0.3) is 11.5 Å². The van der Waals surface area contributed by atoms with Crippen LogP contribution in [-0.4, -0.2) is 27.8 Å². The second-order valence-corrected chi connectivity index (χ2v) is 6.66. The third-order valence-electron chi connectivity index (χ3n) is 4.52. The van der Waals surface area contributed by atoms with E-state index in [1.165, 1.54) is 4.90 Å². The Morgan fingerprint density at radius 2 is 1.82 bits per heavy atom. The van der Waals surface area contributed by atoms with Crippen molar-refractivity contribution in [2.45, 2.75) is 13.5 Å². The van der Waals surface area contributed by atoms with Crippen molar-refractivity contribution < 1.29 is 9.21 Å². The molecule has 0 bridgehead atoms. The van der Waals surface area contributed by atoms with Crippen molar-refractivity contribution in [2.75, 3.05) is 7.05 Å². The molecule has 2 aromatic carbocycles. The van der Waals surface area contributed by atoms with Gasteiger partial charge in [0.05, 0.1) is 23.0 Å². The van der Waals surface area contributed by atoms with E-state index in [0.29, 0.717) is 33.8 Å². The summed E-state index contributed by atoms with van der Waals surface area (Å²) in [6, 6.07) is 18.4. The van der Waals surface area contributed by atoms with Crippen LogP contribution in [0.5, 0.6) is 0 Å². The van der Waals surface area contributed by atoms with Crippen molar-refractivity contribution in [3.05, 3.63) is 88.2 Å². The van der Waals surface area contributed by atoms with Gasteiger partial charge in [-0.3, -0.25) is 9.59 Å². The number of aromatic amines is 1. The first-order valence-electron chi connectivity index (χ1n) is 8.92. The number of H-pyrrole nitrogens is 1. The molecule has 0 atom stereocenters. The van der Waals surface area contributed by atoms with E-state index in [9.17, 15) is 9.59 Å². The van der Waals surface area contributed by atoms with Crippen LogP contribution in [-0.2, 0) is 6.54 Å². The zero-order chi connectivity index (χ0) is 19.7. The second kappa shape index (κ2) is 7.15. The topological polar surface area (TPSA) is 79.2 Å². The summed E-state index contributed by atoms with van der Waals surface area (Å²) in [7, 11) is 1.68. The summed E-state index contributed by atoms with van der Waals surface area (Å²) >= 11 is 0. The lowest BCUT2D eigenvalue weighted by Gasteiger charge is -2.16. The summed E-state index contributed by atoms with van der Waals surface area (Å²) in [6.07, 6.45) is 0. The van der Waals surface area contributed by atoms with Gasteiger partial charge in [-0.25, -0.2) is 4.98 Å². The highest BCUT2D eigenvalue weighted by Crippen LogP contribution is 2.28. The highest BCUT2D eigenvalue weighted by Gasteiger charge is 2.22. The molecule has 0 unspecified atom stereocenters. The number of aromatic nitrogens is 2.